The van der Waals surface area contributed by atoms with Gasteiger partial charge in [-0.2, -0.15) is 36.9 Å². The van der Waals surface area contributed by atoms with E-state index in [1.807, 2.05) is 133 Å². The highest BCUT2D eigenvalue weighted by Crippen LogP contribution is 2.48. The second-order valence-corrected chi connectivity index (χ2v) is 34.7. The van der Waals surface area contributed by atoms with Crippen LogP contribution in [0.5, 0.6) is 0 Å². The Morgan fingerprint density at radius 3 is 0.879 bits per heavy atom. The van der Waals surface area contributed by atoms with Crippen molar-refractivity contribution >= 4 is 145 Å². The summed E-state index contributed by atoms with van der Waals surface area (Å²) in [6, 6.07) is 143. The topological polar surface area (TPSA) is 138 Å². The van der Waals surface area contributed by atoms with Crippen LogP contribution in [0.3, 0.4) is 0 Å². The molecule has 2 aliphatic rings. The molecule has 22 aromatic rings. The molecule has 0 saturated carbocycles. The van der Waals surface area contributed by atoms with Crippen molar-refractivity contribution < 1.29 is 26.3 Å². The van der Waals surface area contributed by atoms with Gasteiger partial charge in [0.25, 0.3) is 0 Å². The summed E-state index contributed by atoms with van der Waals surface area (Å²) in [5, 5.41) is 37.9. The van der Waals surface area contributed by atoms with Crippen LogP contribution in [0.2, 0.25) is 0 Å². The zero-order valence-corrected chi connectivity index (χ0v) is 74.3. The number of aromatic nitrogens is 4. The van der Waals surface area contributed by atoms with Crippen LogP contribution < -0.4 is 20.4 Å². The number of benzene rings is 18. The Morgan fingerprint density at radius 2 is 0.543 bits per heavy atom. The quantitative estimate of drug-likeness (QED) is 0.0492. The molecule has 0 unspecified atom stereocenters. The van der Waals surface area contributed by atoms with E-state index in [1.165, 1.54) is 45.8 Å². The average molecular weight is 1820 g/mol. The van der Waals surface area contributed by atoms with E-state index in [1.54, 1.807) is 12.4 Å². The Labute approximate surface area is 799 Å². The molecule has 24 rings (SSSR count). The molecule has 140 heavy (non-hydrogen) atoms. The lowest BCUT2D eigenvalue weighted by atomic mass is 9.95. The van der Waals surface area contributed by atoms with Crippen LogP contribution in [0.4, 0.5) is 83.5 Å². The summed E-state index contributed by atoms with van der Waals surface area (Å²) in [5.41, 5.74) is 25.8. The van der Waals surface area contributed by atoms with E-state index in [4.69, 9.17) is 20.0 Å². The first-order chi connectivity index (χ1) is 68.5. The second kappa shape index (κ2) is 34.3. The lowest BCUT2D eigenvalue weighted by molar-refractivity contribution is -0.138. The molecule has 2 N–H and O–H groups in total. The molecule has 18 aromatic carbocycles. The first-order valence-corrected chi connectivity index (χ1v) is 45.6. The second-order valence-electron chi connectivity index (χ2n) is 34.7. The molecule has 664 valence electrons. The van der Waals surface area contributed by atoms with Gasteiger partial charge >= 0.3 is 12.4 Å². The van der Waals surface area contributed by atoms with Gasteiger partial charge in [0, 0.05) is 124 Å². The van der Waals surface area contributed by atoms with Crippen LogP contribution in [0.15, 0.2) is 447 Å². The maximum absolute atomic E-state index is 13.6. The number of pyridine rings is 2. The van der Waals surface area contributed by atoms with Crippen molar-refractivity contribution in [1.82, 2.24) is 19.1 Å². The van der Waals surface area contributed by atoms with E-state index in [2.05, 4.69) is 284 Å². The molecular weight excluding hydrogens is 1750 g/mol. The van der Waals surface area contributed by atoms with Crippen LogP contribution in [0.25, 0.3) is 154 Å². The normalized spacial score (nSPS) is 13.0. The molecule has 0 bridgehead atoms. The summed E-state index contributed by atoms with van der Waals surface area (Å²) in [6.45, 7) is 0. The first kappa shape index (κ1) is 84.2. The number of rotatable bonds is 18. The largest absolute Gasteiger partial charge is 0.416 e. The number of hydrogen-bond donors (Lipinski definition) is 2. The molecule has 12 nitrogen and oxygen atoms in total. The van der Waals surface area contributed by atoms with E-state index >= 15 is 0 Å². The van der Waals surface area contributed by atoms with Gasteiger partial charge in [-0.15, -0.1) is 0 Å². The van der Waals surface area contributed by atoms with Crippen LogP contribution in [-0.2, 0) is 12.4 Å². The van der Waals surface area contributed by atoms with Crippen molar-refractivity contribution in [3.63, 3.8) is 0 Å². The average Bonchev–Trinajstić information content (AvgIpc) is 1.60. The van der Waals surface area contributed by atoms with E-state index < -0.39 is 23.5 Å². The molecule has 0 saturated heterocycles. The van der Waals surface area contributed by atoms with Gasteiger partial charge in [0.15, 0.2) is 11.6 Å². The Balaban J connectivity index is 0.528. The fraction of sp³-hybridized carbons (Fsp3) is 0.0164. The van der Waals surface area contributed by atoms with Crippen LogP contribution in [0, 0.1) is 22.7 Å². The van der Waals surface area contributed by atoms with Crippen molar-refractivity contribution in [2.24, 2.45) is 9.98 Å². The number of halogens is 6. The Kier molecular flexibility index (Phi) is 20.6. The van der Waals surface area contributed by atoms with Crippen LogP contribution in [-0.4, -0.2) is 30.8 Å². The minimum Gasteiger partial charge on any atom is -0.339 e. The number of aliphatic imine (C=N–C) groups is 2. The van der Waals surface area contributed by atoms with E-state index in [9.17, 15) is 36.9 Å². The van der Waals surface area contributed by atoms with E-state index in [-0.39, 0.29) is 11.1 Å². The Bertz CT molecular complexity index is 8290. The van der Waals surface area contributed by atoms with Crippen molar-refractivity contribution in [3.05, 3.63) is 470 Å². The molecule has 0 spiro atoms. The third kappa shape index (κ3) is 15.2. The number of nitrogens with zero attached hydrogens (tertiary/aromatic N) is 10. The number of allylic oxidation sites excluding steroid dienone is 2. The van der Waals surface area contributed by atoms with Crippen molar-refractivity contribution in [3.8, 4) is 90.3 Å². The number of nitriles is 2. The highest BCUT2D eigenvalue weighted by molar-refractivity contribution is 6.29. The lowest BCUT2D eigenvalue weighted by Crippen LogP contribution is -2.10. The summed E-state index contributed by atoms with van der Waals surface area (Å²) in [4.78, 5) is 24.0. The first-order valence-electron chi connectivity index (χ1n) is 45.6. The summed E-state index contributed by atoms with van der Waals surface area (Å²) in [7, 11) is 0. The molecule has 6 heterocycles. The van der Waals surface area contributed by atoms with Crippen molar-refractivity contribution in [1.29, 1.82) is 10.5 Å². The molecule has 0 aliphatic carbocycles. The minimum atomic E-state index is -4.44. The van der Waals surface area contributed by atoms with Crippen molar-refractivity contribution in [2.45, 2.75) is 12.4 Å². The standard InChI is InChI=1S/C122H74F6N12/c123-121(124,125)87-45-23-81(24-46-87)97-65-66-106-118-104(97)16-10-18-109(118)133-120(106)136-116-70-44-86(74-132-116)80-37-55-92(56-38-80)138(90-51-29-76(30-52-90)78-33-59-96(60-34-78)140-113-21-7-3-13-101(113)102-14-4-8-22-114(102)140)94-63-41-84(42-64-94)108(72-130)107(71-129)83-39-61-93(62-40-83)137(89-49-27-75(28-50-89)77-31-57-95(58-32-77)139-111-19-5-1-11-99(111)100-12-2-6-20-112(100)139)91-53-35-79(36-54-91)85-43-69-115(131-73-85)135-119-105-17-9-15-103-98(67-68-110(134-119)117(103)105)82-25-47-88(48-26-82)122(126,127)128/h1-70,73-74H,(H,131,134,135)(H,132,133,136)/b108-107+. The number of hydrogen-bond acceptors (Lipinski definition) is 8. The number of anilines is 8. The number of para-hydroxylation sites is 4. The van der Waals surface area contributed by atoms with E-state index in [0.29, 0.717) is 45.6 Å². The van der Waals surface area contributed by atoms with Gasteiger partial charge in [-0.1, -0.05) is 237 Å². The molecule has 0 radical (unpaired) electrons. The Morgan fingerprint density at radius 1 is 0.264 bits per heavy atom. The molecule has 0 atom stereocenters. The monoisotopic (exact) mass is 1820 g/mol. The minimum absolute atomic E-state index is 0.202. The zero-order chi connectivity index (χ0) is 94.4. The maximum atomic E-state index is 13.6. The zero-order valence-electron chi connectivity index (χ0n) is 74.3. The van der Waals surface area contributed by atoms with Gasteiger partial charge in [0.05, 0.1) is 44.3 Å². The summed E-state index contributed by atoms with van der Waals surface area (Å²) in [5.74, 6) is 2.16. The summed E-state index contributed by atoms with van der Waals surface area (Å²) >= 11 is 0. The molecule has 4 aromatic heterocycles. The van der Waals surface area contributed by atoms with Gasteiger partial charge < -0.3 is 29.6 Å². The highest BCUT2D eigenvalue weighted by Gasteiger charge is 2.33. The van der Waals surface area contributed by atoms with Gasteiger partial charge in [0.2, 0.25) is 0 Å². The smallest absolute Gasteiger partial charge is 0.339 e. The fourth-order valence-corrected chi connectivity index (χ4v) is 19.8. The van der Waals surface area contributed by atoms with E-state index in [0.717, 1.165) is 192 Å². The third-order valence-electron chi connectivity index (χ3n) is 26.6. The molecule has 18 heteroatoms. The lowest BCUT2D eigenvalue weighted by Gasteiger charge is -2.26. The summed E-state index contributed by atoms with van der Waals surface area (Å²) < 4.78 is 86.0. The SMILES string of the molecule is N#C/C(=C(/C#N)c1ccc(N(c2ccc(-c3ccc(-n4c5ccccc5c5ccccc54)cc3)cc2)c2ccc(-c3ccc(/N=C4\Nc5cccc6c(-c7ccc(C(F)(F)F)cc7)ccc4c56)nc3)cc2)cc1)c1ccc(N(c2ccc(-c3ccc(-n4c5ccccc5c5ccccc54)cc3)cc2)c2ccc(-c3ccc(/N=C4\Nc5ccc(-c6ccc(C(F)(F)F)cc6)c6cccc4c56)nc3)cc2)cc1. The highest BCUT2D eigenvalue weighted by atomic mass is 19.4. The summed E-state index contributed by atoms with van der Waals surface area (Å²) in [6.07, 6.45) is -5.29. The van der Waals surface area contributed by atoms with Crippen LogP contribution in [0.1, 0.15) is 33.4 Å². The van der Waals surface area contributed by atoms with Crippen LogP contribution >= 0.6 is 0 Å². The number of amidine groups is 2. The number of alkyl halides is 6. The molecule has 0 fully saturated rings. The van der Waals surface area contributed by atoms with Crippen molar-refractivity contribution in [2.75, 3.05) is 20.4 Å². The molecular formula is C122H74F6N12. The predicted molar refractivity (Wildman–Crippen MR) is 555 cm³/mol. The van der Waals surface area contributed by atoms with Gasteiger partial charge in [-0.05, 0) is 266 Å². The van der Waals surface area contributed by atoms with Gasteiger partial charge in [-0.3, -0.25) is 0 Å². The van der Waals surface area contributed by atoms with Gasteiger partial charge in [0.1, 0.15) is 23.8 Å². The van der Waals surface area contributed by atoms with Gasteiger partial charge in [-0.25, -0.2) is 20.0 Å². The maximum Gasteiger partial charge on any atom is 0.416 e. The molecule has 0 amide bonds. The fourth-order valence-electron chi connectivity index (χ4n) is 19.8. The molecule has 2 aliphatic heterocycles. The number of nitrogens with one attached hydrogen (secondary N) is 2. The Hall–Kier alpha value is -18.8. The number of fused-ring (bicyclic) bond motifs is 6. The predicted octanol–water partition coefficient (Wildman–Crippen LogP) is 32.9. The third-order valence-corrected chi connectivity index (χ3v) is 26.6.